The smallest absolute Gasteiger partial charge is 0.257 e. The Balaban J connectivity index is 1.74. The molecule has 0 bridgehead atoms. The number of nitrogens with one attached hydrogen (secondary N) is 2. The summed E-state index contributed by atoms with van der Waals surface area (Å²) >= 11 is 0. The second-order valence-corrected chi connectivity index (χ2v) is 6.46. The standard InChI is InChI=1S/C21H24FN3O2/c1-2-15-5-3-6-18(13-15)24-21(23-14-19-7-4-12-27-19)25-20(26)16-8-10-17(22)11-9-16/h3,5-6,8-11,13,19H,2,4,7,12,14H2,1H3,(H2,23,24,25,26)/t19-/m0/s1. The van der Waals surface area contributed by atoms with Crippen molar-refractivity contribution in [2.24, 2.45) is 4.99 Å². The number of hydrogen-bond acceptors (Lipinski definition) is 3. The van der Waals surface area contributed by atoms with Gasteiger partial charge in [0, 0.05) is 17.9 Å². The number of carbonyl (C=O) groups excluding carboxylic acids is 1. The van der Waals surface area contributed by atoms with Crippen molar-refractivity contribution in [1.82, 2.24) is 5.32 Å². The summed E-state index contributed by atoms with van der Waals surface area (Å²) in [5.74, 6) is -0.373. The van der Waals surface area contributed by atoms with Gasteiger partial charge in [0.25, 0.3) is 5.91 Å². The maximum Gasteiger partial charge on any atom is 0.257 e. The van der Waals surface area contributed by atoms with Gasteiger partial charge in [0.2, 0.25) is 5.96 Å². The summed E-state index contributed by atoms with van der Waals surface area (Å²) in [6.45, 7) is 3.31. The highest BCUT2D eigenvalue weighted by Gasteiger charge is 2.16. The lowest BCUT2D eigenvalue weighted by atomic mass is 10.1. The molecule has 1 fully saturated rings. The van der Waals surface area contributed by atoms with E-state index in [1.54, 1.807) is 0 Å². The van der Waals surface area contributed by atoms with Crippen LogP contribution in [0.5, 0.6) is 0 Å². The highest BCUT2D eigenvalue weighted by atomic mass is 19.1. The van der Waals surface area contributed by atoms with Crippen LogP contribution in [0.1, 0.15) is 35.7 Å². The van der Waals surface area contributed by atoms with Crippen LogP contribution in [0.15, 0.2) is 53.5 Å². The van der Waals surface area contributed by atoms with E-state index in [9.17, 15) is 9.18 Å². The number of nitrogens with zero attached hydrogens (tertiary/aromatic N) is 1. The average molecular weight is 369 g/mol. The first kappa shape index (κ1) is 19.0. The van der Waals surface area contributed by atoms with Crippen molar-refractivity contribution in [2.75, 3.05) is 18.5 Å². The summed E-state index contributed by atoms with van der Waals surface area (Å²) in [5, 5.41) is 5.96. The number of anilines is 1. The highest BCUT2D eigenvalue weighted by Crippen LogP contribution is 2.13. The molecular weight excluding hydrogens is 345 g/mol. The molecule has 2 aromatic rings. The van der Waals surface area contributed by atoms with E-state index in [-0.39, 0.29) is 17.8 Å². The Bertz CT molecular complexity index is 799. The third-order valence-corrected chi connectivity index (χ3v) is 4.41. The van der Waals surface area contributed by atoms with Gasteiger partial charge in [0.05, 0.1) is 12.6 Å². The number of aryl methyl sites for hydroxylation is 1. The average Bonchev–Trinajstić information content (AvgIpc) is 3.20. The molecule has 0 unspecified atom stereocenters. The van der Waals surface area contributed by atoms with E-state index in [1.807, 2.05) is 24.3 Å². The lowest BCUT2D eigenvalue weighted by Crippen LogP contribution is -2.36. The van der Waals surface area contributed by atoms with Crippen molar-refractivity contribution in [1.29, 1.82) is 0 Å². The van der Waals surface area contributed by atoms with E-state index in [2.05, 4.69) is 22.5 Å². The Labute approximate surface area is 158 Å². The molecule has 1 heterocycles. The summed E-state index contributed by atoms with van der Waals surface area (Å²) in [7, 11) is 0. The van der Waals surface area contributed by atoms with E-state index in [0.717, 1.165) is 31.6 Å². The topological polar surface area (TPSA) is 62.7 Å². The summed E-state index contributed by atoms with van der Waals surface area (Å²) in [5.41, 5.74) is 2.40. The number of amides is 1. The molecule has 27 heavy (non-hydrogen) atoms. The third kappa shape index (κ3) is 5.62. The van der Waals surface area contributed by atoms with Gasteiger partial charge in [-0.3, -0.25) is 10.1 Å². The molecule has 1 amide bonds. The molecule has 3 rings (SSSR count). The van der Waals surface area contributed by atoms with Crippen LogP contribution >= 0.6 is 0 Å². The van der Waals surface area contributed by atoms with Crippen molar-refractivity contribution in [3.05, 3.63) is 65.5 Å². The quantitative estimate of drug-likeness (QED) is 0.623. The van der Waals surface area contributed by atoms with Crippen molar-refractivity contribution < 1.29 is 13.9 Å². The molecule has 2 aromatic carbocycles. The molecule has 1 aliphatic heterocycles. The summed E-state index contributed by atoms with van der Waals surface area (Å²) in [4.78, 5) is 17.0. The number of halogens is 1. The molecule has 0 radical (unpaired) electrons. The van der Waals surface area contributed by atoms with Gasteiger partial charge in [-0.05, 0) is 61.2 Å². The minimum Gasteiger partial charge on any atom is -0.376 e. The number of benzene rings is 2. The van der Waals surface area contributed by atoms with E-state index in [0.29, 0.717) is 18.1 Å². The molecule has 0 saturated carbocycles. The van der Waals surface area contributed by atoms with Gasteiger partial charge in [-0.15, -0.1) is 0 Å². The number of hydrogen-bond donors (Lipinski definition) is 2. The number of ether oxygens (including phenoxy) is 1. The minimum atomic E-state index is -0.381. The highest BCUT2D eigenvalue weighted by molar-refractivity contribution is 6.09. The Kier molecular flexibility index (Phi) is 6.54. The van der Waals surface area contributed by atoms with E-state index in [1.165, 1.54) is 29.8 Å². The predicted molar refractivity (Wildman–Crippen MR) is 105 cm³/mol. The van der Waals surface area contributed by atoms with Gasteiger partial charge in [0.15, 0.2) is 0 Å². The maximum absolute atomic E-state index is 13.1. The molecule has 142 valence electrons. The Morgan fingerprint density at radius 3 is 2.78 bits per heavy atom. The molecule has 2 N–H and O–H groups in total. The van der Waals surface area contributed by atoms with Crippen LogP contribution in [-0.4, -0.2) is 31.1 Å². The van der Waals surface area contributed by atoms with Gasteiger partial charge in [0.1, 0.15) is 5.82 Å². The molecule has 1 aliphatic rings. The molecule has 0 aromatic heterocycles. The Hall–Kier alpha value is -2.73. The zero-order valence-electron chi connectivity index (χ0n) is 15.4. The van der Waals surface area contributed by atoms with E-state index in [4.69, 9.17) is 4.74 Å². The molecule has 5 nitrogen and oxygen atoms in total. The Morgan fingerprint density at radius 1 is 1.26 bits per heavy atom. The zero-order valence-corrected chi connectivity index (χ0v) is 15.4. The normalized spacial score (nSPS) is 17.0. The summed E-state index contributed by atoms with van der Waals surface area (Å²) in [6, 6.07) is 13.4. The third-order valence-electron chi connectivity index (χ3n) is 4.41. The number of rotatable bonds is 5. The fraction of sp³-hybridized carbons (Fsp3) is 0.333. The zero-order chi connectivity index (χ0) is 19.1. The van der Waals surface area contributed by atoms with Crippen LogP contribution in [0.25, 0.3) is 0 Å². The number of aliphatic imine (C=N–C) groups is 1. The summed E-state index contributed by atoms with van der Waals surface area (Å²) in [6.07, 6.45) is 2.99. The van der Waals surface area contributed by atoms with Gasteiger partial charge >= 0.3 is 0 Å². The fourth-order valence-electron chi connectivity index (χ4n) is 2.88. The van der Waals surface area contributed by atoms with Crippen LogP contribution < -0.4 is 10.6 Å². The number of carbonyl (C=O) groups is 1. The van der Waals surface area contributed by atoms with E-state index >= 15 is 0 Å². The first-order valence-electron chi connectivity index (χ1n) is 9.23. The second-order valence-electron chi connectivity index (χ2n) is 6.46. The lowest BCUT2D eigenvalue weighted by molar-refractivity contribution is 0.0975. The monoisotopic (exact) mass is 369 g/mol. The Morgan fingerprint density at radius 2 is 2.07 bits per heavy atom. The largest absolute Gasteiger partial charge is 0.376 e. The molecule has 1 atom stereocenters. The maximum atomic E-state index is 13.1. The molecule has 1 saturated heterocycles. The molecular formula is C21H24FN3O2. The van der Waals surface area contributed by atoms with Crippen LogP contribution in [0.2, 0.25) is 0 Å². The molecule has 6 heteroatoms. The van der Waals surface area contributed by atoms with Gasteiger partial charge in [-0.25, -0.2) is 9.38 Å². The second kappa shape index (κ2) is 9.28. The van der Waals surface area contributed by atoms with Crippen LogP contribution in [0.4, 0.5) is 10.1 Å². The first-order chi connectivity index (χ1) is 13.1. The SMILES string of the molecule is CCc1cccc(NC(=NC[C@@H]2CCCO2)NC(=O)c2ccc(F)cc2)c1. The fourth-order valence-corrected chi connectivity index (χ4v) is 2.88. The van der Waals surface area contributed by atoms with Crippen LogP contribution in [-0.2, 0) is 11.2 Å². The molecule has 0 spiro atoms. The van der Waals surface area contributed by atoms with Crippen LogP contribution in [0, 0.1) is 5.82 Å². The van der Waals surface area contributed by atoms with Crippen molar-refractivity contribution >= 4 is 17.6 Å². The first-order valence-corrected chi connectivity index (χ1v) is 9.23. The van der Waals surface area contributed by atoms with E-state index < -0.39 is 0 Å². The van der Waals surface area contributed by atoms with Crippen molar-refractivity contribution in [3.8, 4) is 0 Å². The lowest BCUT2D eigenvalue weighted by Gasteiger charge is -2.14. The summed E-state index contributed by atoms with van der Waals surface area (Å²) < 4.78 is 18.7. The van der Waals surface area contributed by atoms with Crippen LogP contribution in [0.3, 0.4) is 0 Å². The van der Waals surface area contributed by atoms with Gasteiger partial charge in [-0.2, -0.15) is 0 Å². The molecule has 0 aliphatic carbocycles. The van der Waals surface area contributed by atoms with Crippen molar-refractivity contribution in [2.45, 2.75) is 32.3 Å². The van der Waals surface area contributed by atoms with Gasteiger partial charge in [-0.1, -0.05) is 19.1 Å². The van der Waals surface area contributed by atoms with Gasteiger partial charge < -0.3 is 10.1 Å². The van der Waals surface area contributed by atoms with Crippen molar-refractivity contribution in [3.63, 3.8) is 0 Å². The minimum absolute atomic E-state index is 0.0755. The number of guanidine groups is 1. The predicted octanol–water partition coefficient (Wildman–Crippen LogP) is 3.77.